The van der Waals surface area contributed by atoms with Gasteiger partial charge in [0.1, 0.15) is 16.5 Å². The Labute approximate surface area is 166 Å². The number of nitrogens with zero attached hydrogens (tertiary/aromatic N) is 2. The van der Waals surface area contributed by atoms with Crippen LogP contribution in [0.3, 0.4) is 0 Å². The van der Waals surface area contributed by atoms with Crippen LogP contribution in [0.25, 0.3) is 0 Å². The third-order valence-corrected chi connectivity index (χ3v) is 6.53. The number of rotatable bonds is 3. The lowest BCUT2D eigenvalue weighted by Crippen LogP contribution is -2.39. The van der Waals surface area contributed by atoms with Crippen molar-refractivity contribution in [1.29, 1.82) is 0 Å². The molecule has 28 heavy (non-hydrogen) atoms. The molecule has 2 aromatic carbocycles. The van der Waals surface area contributed by atoms with Crippen LogP contribution in [0.2, 0.25) is 5.02 Å². The molecule has 1 saturated heterocycles. The van der Waals surface area contributed by atoms with Crippen LogP contribution in [0.5, 0.6) is 0 Å². The molecule has 6 nitrogen and oxygen atoms in total. The van der Waals surface area contributed by atoms with Crippen LogP contribution in [-0.2, 0) is 10.0 Å². The highest BCUT2D eigenvalue weighted by atomic mass is 35.5. The maximum absolute atomic E-state index is 13.9. The van der Waals surface area contributed by atoms with Gasteiger partial charge in [-0.2, -0.15) is 4.31 Å². The second-order valence-electron chi connectivity index (χ2n) is 6.26. The normalized spacial score (nSPS) is 15.9. The lowest BCUT2D eigenvalue weighted by atomic mass is 10.3. The standard InChI is InChI=1S/C18H18ClF2N3O3S/c19-13-2-5-15(6-3-13)22-18(25)23-8-1-9-24(11-10-23)28(26,27)17-7-4-14(20)12-16(17)21/h2-7,12H,1,8-11H2,(H,22,25). The van der Waals surface area contributed by atoms with Crippen molar-refractivity contribution in [2.24, 2.45) is 0 Å². The van der Waals surface area contributed by atoms with Crippen LogP contribution in [0, 0.1) is 11.6 Å². The van der Waals surface area contributed by atoms with Crippen molar-refractivity contribution >= 4 is 33.3 Å². The van der Waals surface area contributed by atoms with Crippen LogP contribution >= 0.6 is 11.6 Å². The molecular weight excluding hydrogens is 412 g/mol. The lowest BCUT2D eigenvalue weighted by molar-refractivity contribution is 0.214. The van der Waals surface area contributed by atoms with Gasteiger partial charge in [-0.15, -0.1) is 0 Å². The minimum absolute atomic E-state index is 0.00713. The number of halogens is 3. The van der Waals surface area contributed by atoms with E-state index in [1.54, 1.807) is 24.3 Å². The summed E-state index contributed by atoms with van der Waals surface area (Å²) in [7, 11) is -4.13. The smallest absolute Gasteiger partial charge is 0.321 e. The van der Waals surface area contributed by atoms with Gasteiger partial charge in [0.15, 0.2) is 0 Å². The van der Waals surface area contributed by atoms with Gasteiger partial charge in [-0.25, -0.2) is 22.0 Å². The molecule has 1 heterocycles. The minimum Gasteiger partial charge on any atom is -0.323 e. The summed E-state index contributed by atoms with van der Waals surface area (Å²) in [6.07, 6.45) is 0.385. The van der Waals surface area contributed by atoms with Crippen molar-refractivity contribution < 1.29 is 22.0 Å². The summed E-state index contributed by atoms with van der Waals surface area (Å²) in [6, 6.07) is 8.59. The zero-order valence-electron chi connectivity index (χ0n) is 14.7. The van der Waals surface area contributed by atoms with E-state index in [0.717, 1.165) is 16.4 Å². The Balaban J connectivity index is 1.68. The summed E-state index contributed by atoms with van der Waals surface area (Å²) in [5, 5.41) is 3.27. The molecule has 1 fully saturated rings. The minimum atomic E-state index is -4.13. The number of hydrogen-bond donors (Lipinski definition) is 1. The molecule has 0 radical (unpaired) electrons. The van der Waals surface area contributed by atoms with Gasteiger partial charge >= 0.3 is 6.03 Å². The summed E-state index contributed by atoms with van der Waals surface area (Å²) < 4.78 is 53.5. The van der Waals surface area contributed by atoms with E-state index in [-0.39, 0.29) is 25.7 Å². The Morgan fingerprint density at radius 1 is 1.00 bits per heavy atom. The highest BCUT2D eigenvalue weighted by Gasteiger charge is 2.30. The van der Waals surface area contributed by atoms with E-state index in [0.29, 0.717) is 29.7 Å². The fourth-order valence-electron chi connectivity index (χ4n) is 2.90. The van der Waals surface area contributed by atoms with Crippen molar-refractivity contribution in [1.82, 2.24) is 9.21 Å². The molecule has 1 aliphatic heterocycles. The van der Waals surface area contributed by atoms with E-state index in [1.165, 1.54) is 4.90 Å². The quantitative estimate of drug-likeness (QED) is 0.811. The Morgan fingerprint density at radius 3 is 2.39 bits per heavy atom. The van der Waals surface area contributed by atoms with Gasteiger partial charge in [0.05, 0.1) is 0 Å². The van der Waals surface area contributed by atoms with E-state index < -0.39 is 26.6 Å². The number of nitrogens with one attached hydrogen (secondary N) is 1. The van der Waals surface area contributed by atoms with Gasteiger partial charge in [-0.3, -0.25) is 0 Å². The van der Waals surface area contributed by atoms with Gasteiger partial charge in [0, 0.05) is 43.0 Å². The molecule has 1 aliphatic rings. The maximum atomic E-state index is 13.9. The van der Waals surface area contributed by atoms with Crippen LogP contribution in [0.1, 0.15) is 6.42 Å². The highest BCUT2D eigenvalue weighted by molar-refractivity contribution is 7.89. The molecule has 0 saturated carbocycles. The number of amides is 2. The SMILES string of the molecule is O=C(Nc1ccc(Cl)cc1)N1CCCN(S(=O)(=O)c2ccc(F)cc2F)CC1. The largest absolute Gasteiger partial charge is 0.323 e. The predicted molar refractivity (Wildman–Crippen MR) is 102 cm³/mol. The van der Waals surface area contributed by atoms with Crippen LogP contribution < -0.4 is 5.32 Å². The fraction of sp³-hybridized carbons (Fsp3) is 0.278. The average Bonchev–Trinajstić information content (AvgIpc) is 2.90. The Morgan fingerprint density at radius 2 is 1.71 bits per heavy atom. The molecule has 3 rings (SSSR count). The first-order chi connectivity index (χ1) is 13.3. The van der Waals surface area contributed by atoms with Crippen LogP contribution in [-0.4, -0.2) is 49.8 Å². The van der Waals surface area contributed by atoms with Crippen molar-refractivity contribution in [3.63, 3.8) is 0 Å². The zero-order chi connectivity index (χ0) is 20.3. The number of hydrogen-bond acceptors (Lipinski definition) is 3. The number of sulfonamides is 1. The molecule has 2 amide bonds. The molecule has 10 heteroatoms. The van der Waals surface area contributed by atoms with Gasteiger partial charge < -0.3 is 10.2 Å². The van der Waals surface area contributed by atoms with Crippen LogP contribution in [0.4, 0.5) is 19.3 Å². The lowest BCUT2D eigenvalue weighted by Gasteiger charge is -2.22. The van der Waals surface area contributed by atoms with E-state index >= 15 is 0 Å². The zero-order valence-corrected chi connectivity index (χ0v) is 16.3. The number of benzene rings is 2. The van der Waals surface area contributed by atoms with Gasteiger partial charge in [0.2, 0.25) is 10.0 Å². The number of anilines is 1. The number of carbonyl (C=O) groups is 1. The average molecular weight is 430 g/mol. The van der Waals surface area contributed by atoms with E-state index in [4.69, 9.17) is 11.6 Å². The molecule has 0 spiro atoms. The first-order valence-corrected chi connectivity index (χ1v) is 10.4. The van der Waals surface area contributed by atoms with E-state index in [2.05, 4.69) is 5.32 Å². The van der Waals surface area contributed by atoms with Gasteiger partial charge in [-0.05, 0) is 42.8 Å². The summed E-state index contributed by atoms with van der Waals surface area (Å²) in [6.45, 7) is 0.621. The monoisotopic (exact) mass is 429 g/mol. The molecule has 1 N–H and O–H groups in total. The highest BCUT2D eigenvalue weighted by Crippen LogP contribution is 2.22. The summed E-state index contributed by atoms with van der Waals surface area (Å²) in [5.41, 5.74) is 0.566. The topological polar surface area (TPSA) is 69.7 Å². The van der Waals surface area contributed by atoms with Crippen molar-refractivity contribution in [3.8, 4) is 0 Å². The summed E-state index contributed by atoms with van der Waals surface area (Å²) >= 11 is 5.81. The third kappa shape index (κ3) is 4.60. The van der Waals surface area contributed by atoms with Crippen molar-refractivity contribution in [2.75, 3.05) is 31.5 Å². The number of urea groups is 1. The van der Waals surface area contributed by atoms with Crippen LogP contribution in [0.15, 0.2) is 47.4 Å². The summed E-state index contributed by atoms with van der Waals surface area (Å²) in [5.74, 6) is -1.99. The van der Waals surface area contributed by atoms with Crippen molar-refractivity contribution in [2.45, 2.75) is 11.3 Å². The second kappa shape index (κ2) is 8.42. The first kappa shape index (κ1) is 20.5. The maximum Gasteiger partial charge on any atom is 0.321 e. The van der Waals surface area contributed by atoms with E-state index in [9.17, 15) is 22.0 Å². The molecule has 0 unspecified atom stereocenters. The van der Waals surface area contributed by atoms with Gasteiger partial charge in [-0.1, -0.05) is 11.6 Å². The Hall–Kier alpha value is -2.23. The second-order valence-corrected chi connectivity index (χ2v) is 8.60. The molecule has 0 aromatic heterocycles. The Bertz CT molecular complexity index is 971. The number of carbonyl (C=O) groups excluding carboxylic acids is 1. The molecule has 2 aromatic rings. The summed E-state index contributed by atoms with van der Waals surface area (Å²) in [4.78, 5) is 13.4. The predicted octanol–water partition coefficient (Wildman–Crippen LogP) is 3.55. The third-order valence-electron chi connectivity index (χ3n) is 4.35. The molecular formula is C18H18ClF2N3O3S. The fourth-order valence-corrected chi connectivity index (χ4v) is 4.54. The van der Waals surface area contributed by atoms with E-state index in [1.807, 2.05) is 0 Å². The molecule has 0 bridgehead atoms. The molecule has 0 aliphatic carbocycles. The first-order valence-electron chi connectivity index (χ1n) is 8.54. The molecule has 150 valence electrons. The Kier molecular flexibility index (Phi) is 6.17. The van der Waals surface area contributed by atoms with Gasteiger partial charge in [0.25, 0.3) is 0 Å². The molecule has 0 atom stereocenters. The van der Waals surface area contributed by atoms with Crippen molar-refractivity contribution in [3.05, 3.63) is 59.1 Å².